The van der Waals surface area contributed by atoms with Gasteiger partial charge < -0.3 is 21.3 Å². The molecule has 9 nitrogen and oxygen atoms in total. The summed E-state index contributed by atoms with van der Waals surface area (Å²) in [4.78, 5) is 34.9. The number of carbonyl (C=O) groups excluding carboxylic acids is 1. The molecule has 1 amide bonds. The summed E-state index contributed by atoms with van der Waals surface area (Å²) in [5, 5.41) is 19.5. The lowest BCUT2D eigenvalue weighted by Gasteiger charge is -2.28. The van der Waals surface area contributed by atoms with Crippen LogP contribution in [0.15, 0.2) is 0 Å². The predicted octanol–water partition coefficient (Wildman–Crippen LogP) is -1.87. The van der Waals surface area contributed by atoms with Gasteiger partial charge in [-0.3, -0.25) is 9.59 Å². The van der Waals surface area contributed by atoms with Crippen molar-refractivity contribution < 1.29 is 33.0 Å². The first-order valence-corrected chi connectivity index (χ1v) is 9.93. The summed E-state index contributed by atoms with van der Waals surface area (Å²) in [6, 6.07) is -0.984. The number of nitrogens with one attached hydrogen (secondary N) is 1. The number of rotatable bonds is 7. The zero-order valence-corrected chi connectivity index (χ0v) is 13.9. The molecule has 0 aromatic rings. The molecule has 0 aromatic carbocycles. The van der Waals surface area contributed by atoms with Gasteiger partial charge in [0.05, 0.1) is 23.0 Å². The Bertz CT molecular complexity index is 650. The molecular weight excluding hydrogens is 348 g/mol. The van der Waals surface area contributed by atoms with Gasteiger partial charge in [0, 0.05) is 5.92 Å². The Hall–Kier alpha value is -1.33. The molecule has 1 saturated heterocycles. The van der Waals surface area contributed by atoms with E-state index in [-0.39, 0.29) is 0 Å². The summed E-state index contributed by atoms with van der Waals surface area (Å²) in [6.07, 6.45) is 2.12. The van der Waals surface area contributed by atoms with Crippen molar-refractivity contribution in [3.8, 4) is 0 Å². The van der Waals surface area contributed by atoms with Crippen molar-refractivity contribution in [2.75, 3.05) is 17.8 Å². The van der Waals surface area contributed by atoms with Gasteiger partial charge in [0.25, 0.3) is 0 Å². The molecule has 1 saturated carbocycles. The molecule has 2 aliphatic rings. The highest BCUT2D eigenvalue weighted by Gasteiger charge is 2.79. The number of carboxylic acids is 2. The lowest BCUT2D eigenvalue weighted by molar-refractivity contribution is -0.148. The summed E-state index contributed by atoms with van der Waals surface area (Å²) >= 11 is 1.46. The van der Waals surface area contributed by atoms with Gasteiger partial charge in [0.1, 0.15) is 0 Å². The second-order valence-corrected chi connectivity index (χ2v) is 8.96. The van der Waals surface area contributed by atoms with Crippen LogP contribution in [0.1, 0.15) is 6.42 Å². The van der Waals surface area contributed by atoms with E-state index in [1.807, 2.05) is 6.26 Å². The fourth-order valence-corrected chi connectivity index (χ4v) is 6.38. The van der Waals surface area contributed by atoms with E-state index in [2.05, 4.69) is 5.32 Å². The van der Waals surface area contributed by atoms with E-state index in [9.17, 15) is 27.9 Å². The summed E-state index contributed by atoms with van der Waals surface area (Å²) in [6.45, 7) is 0. The highest BCUT2D eigenvalue weighted by atomic mass is 32.2. The van der Waals surface area contributed by atoms with Gasteiger partial charge >= 0.3 is 11.9 Å². The van der Waals surface area contributed by atoms with Gasteiger partial charge in [0.15, 0.2) is 15.4 Å². The zero-order valence-electron chi connectivity index (χ0n) is 12.3. The van der Waals surface area contributed by atoms with Crippen LogP contribution in [0.5, 0.6) is 0 Å². The summed E-state index contributed by atoms with van der Waals surface area (Å²) in [5.74, 6) is -6.43. The van der Waals surface area contributed by atoms with Crippen LogP contribution in [0.2, 0.25) is 0 Å². The number of nitrogens with two attached hydrogens (primary N) is 1. The number of hydrogen-bond acceptors (Lipinski definition) is 7. The van der Waals surface area contributed by atoms with Crippen LogP contribution < -0.4 is 11.1 Å². The molecule has 0 bridgehead atoms. The molecule has 0 aromatic heterocycles. The Balaban J connectivity index is 2.26. The van der Waals surface area contributed by atoms with Gasteiger partial charge in [-0.2, -0.15) is 11.8 Å². The minimum absolute atomic E-state index is 0.298. The normalized spacial score (nSPS) is 35.1. The van der Waals surface area contributed by atoms with Gasteiger partial charge in [0.2, 0.25) is 5.91 Å². The van der Waals surface area contributed by atoms with Crippen molar-refractivity contribution in [2.24, 2.45) is 17.6 Å². The largest absolute Gasteiger partial charge is 0.481 e. The molecule has 2 rings (SSSR count). The molecule has 2 fully saturated rings. The van der Waals surface area contributed by atoms with E-state index in [1.165, 1.54) is 11.8 Å². The fraction of sp³-hybridized carbons (Fsp3) is 0.750. The van der Waals surface area contributed by atoms with Gasteiger partial charge in [-0.05, 0) is 18.4 Å². The molecule has 23 heavy (non-hydrogen) atoms. The predicted molar refractivity (Wildman–Crippen MR) is 81.7 cm³/mol. The number of sulfone groups is 1. The van der Waals surface area contributed by atoms with Crippen molar-refractivity contribution in [1.82, 2.24) is 5.32 Å². The minimum Gasteiger partial charge on any atom is -0.481 e. The van der Waals surface area contributed by atoms with E-state index in [1.54, 1.807) is 0 Å². The molecule has 0 spiro atoms. The highest BCUT2D eigenvalue weighted by molar-refractivity contribution is 7.98. The standard InChI is InChI=1S/C12H18N2O7S2/c1-22-3-2-5(13)9(15)14-12(11(18)19)4-23(20,21)8-6(7(8)12)10(16)17/h5-8H,2-4,13H2,1H3,(H,14,15)(H,16,17)(H,18,19)/t5-,6+,7?,8-,12?/m0/s1. The summed E-state index contributed by atoms with van der Waals surface area (Å²) in [5.41, 5.74) is 3.55. The molecule has 0 radical (unpaired) electrons. The first-order valence-electron chi connectivity index (χ1n) is 6.83. The highest BCUT2D eigenvalue weighted by Crippen LogP contribution is 2.57. The second kappa shape index (κ2) is 5.95. The van der Waals surface area contributed by atoms with E-state index in [4.69, 9.17) is 10.8 Å². The van der Waals surface area contributed by atoms with Crippen molar-refractivity contribution in [3.05, 3.63) is 0 Å². The van der Waals surface area contributed by atoms with Crippen LogP contribution in [0.3, 0.4) is 0 Å². The van der Waals surface area contributed by atoms with E-state index in [0.29, 0.717) is 12.2 Å². The molecule has 130 valence electrons. The molecule has 11 heteroatoms. The minimum atomic E-state index is -3.91. The van der Waals surface area contributed by atoms with Crippen LogP contribution >= 0.6 is 11.8 Å². The third kappa shape index (κ3) is 2.92. The lowest BCUT2D eigenvalue weighted by Crippen LogP contribution is -2.61. The van der Waals surface area contributed by atoms with Crippen LogP contribution in [0, 0.1) is 11.8 Å². The molecule has 1 aliphatic carbocycles. The average Bonchev–Trinajstić information content (AvgIpc) is 3.15. The molecule has 1 aliphatic heterocycles. The summed E-state index contributed by atoms with van der Waals surface area (Å²) < 4.78 is 24.1. The number of thioether (sulfide) groups is 1. The molecular formula is C12H18N2O7S2. The number of hydrogen-bond donors (Lipinski definition) is 4. The van der Waals surface area contributed by atoms with Crippen LogP contribution in [-0.2, 0) is 24.2 Å². The maximum atomic E-state index is 12.1. The van der Waals surface area contributed by atoms with Crippen LogP contribution in [-0.4, -0.2) is 71.1 Å². The lowest BCUT2D eigenvalue weighted by atomic mass is 9.93. The quantitative estimate of drug-likeness (QED) is 0.404. The Morgan fingerprint density at radius 3 is 2.43 bits per heavy atom. The third-order valence-electron chi connectivity index (χ3n) is 4.35. The van der Waals surface area contributed by atoms with Gasteiger partial charge in [-0.25, -0.2) is 13.2 Å². The molecule has 2 unspecified atom stereocenters. The van der Waals surface area contributed by atoms with Crippen molar-refractivity contribution >= 4 is 39.4 Å². The fourth-order valence-electron chi connectivity index (χ4n) is 3.19. The number of amides is 1. The first-order chi connectivity index (χ1) is 10.6. The number of carbonyl (C=O) groups is 3. The van der Waals surface area contributed by atoms with Crippen LogP contribution in [0.25, 0.3) is 0 Å². The Morgan fingerprint density at radius 1 is 1.39 bits per heavy atom. The van der Waals surface area contributed by atoms with E-state index < -0.39 is 62.1 Å². The van der Waals surface area contributed by atoms with Crippen molar-refractivity contribution in [1.29, 1.82) is 0 Å². The second-order valence-electron chi connectivity index (χ2n) is 5.82. The molecule has 1 heterocycles. The molecule has 5 atom stereocenters. The third-order valence-corrected chi connectivity index (χ3v) is 7.27. The first kappa shape index (κ1) is 18.0. The SMILES string of the molecule is CSCC[C@H](N)C(=O)NC1(C(=O)O)CS(=O)(=O)[C@@H]2C1[C@H]2C(=O)O. The average molecular weight is 366 g/mol. The number of carboxylic acid groups (broad SMARTS) is 2. The van der Waals surface area contributed by atoms with Gasteiger partial charge in [-0.1, -0.05) is 0 Å². The topological polar surface area (TPSA) is 164 Å². The Kier molecular flexibility index (Phi) is 4.66. The van der Waals surface area contributed by atoms with Crippen LogP contribution in [0.4, 0.5) is 0 Å². The summed E-state index contributed by atoms with van der Waals surface area (Å²) in [7, 11) is -3.91. The Labute approximate surface area is 136 Å². The van der Waals surface area contributed by atoms with Crippen molar-refractivity contribution in [3.63, 3.8) is 0 Å². The van der Waals surface area contributed by atoms with Gasteiger partial charge in [-0.15, -0.1) is 0 Å². The Morgan fingerprint density at radius 2 is 2.00 bits per heavy atom. The van der Waals surface area contributed by atoms with E-state index in [0.717, 1.165) is 0 Å². The maximum absolute atomic E-state index is 12.1. The number of aliphatic carboxylic acids is 2. The smallest absolute Gasteiger partial charge is 0.330 e. The molecule has 5 N–H and O–H groups in total. The zero-order chi connectivity index (χ0) is 17.6. The monoisotopic (exact) mass is 366 g/mol. The number of fused-ring (bicyclic) bond motifs is 1. The maximum Gasteiger partial charge on any atom is 0.330 e. The van der Waals surface area contributed by atoms with Crippen molar-refractivity contribution in [2.45, 2.75) is 23.3 Å². The van der Waals surface area contributed by atoms with E-state index >= 15 is 0 Å².